The molecule has 2 rings (SSSR count). The fourth-order valence-corrected chi connectivity index (χ4v) is 2.44. The van der Waals surface area contributed by atoms with Crippen molar-refractivity contribution in [3.63, 3.8) is 0 Å². The maximum atomic E-state index is 8.93. The van der Waals surface area contributed by atoms with Crippen LogP contribution in [-0.4, -0.2) is 40.5 Å². The Labute approximate surface area is 114 Å². The van der Waals surface area contributed by atoms with E-state index in [4.69, 9.17) is 9.52 Å². The second-order valence-electron chi connectivity index (χ2n) is 5.37. The van der Waals surface area contributed by atoms with Crippen molar-refractivity contribution >= 4 is 6.01 Å². The quantitative estimate of drug-likeness (QED) is 0.776. The SMILES string of the molecule is CC(C)NCc1nnc(N2CCCC2CCCO)o1. The predicted molar refractivity (Wildman–Crippen MR) is 73.0 cm³/mol. The summed E-state index contributed by atoms with van der Waals surface area (Å²) in [6, 6.07) is 1.46. The molecule has 0 aliphatic carbocycles. The van der Waals surface area contributed by atoms with Crippen LogP contribution in [0.3, 0.4) is 0 Å². The van der Waals surface area contributed by atoms with Crippen molar-refractivity contribution in [2.45, 2.75) is 58.2 Å². The van der Waals surface area contributed by atoms with Gasteiger partial charge in [0, 0.05) is 25.2 Å². The molecular formula is C13H24N4O2. The fourth-order valence-electron chi connectivity index (χ4n) is 2.44. The molecule has 1 aliphatic rings. The van der Waals surface area contributed by atoms with Gasteiger partial charge in [-0.05, 0) is 25.7 Å². The van der Waals surface area contributed by atoms with Crippen LogP contribution >= 0.6 is 0 Å². The van der Waals surface area contributed by atoms with Crippen molar-refractivity contribution in [3.05, 3.63) is 5.89 Å². The number of aliphatic hydroxyl groups is 1. The summed E-state index contributed by atoms with van der Waals surface area (Å²) in [7, 11) is 0. The maximum Gasteiger partial charge on any atom is 0.318 e. The first-order chi connectivity index (χ1) is 9.20. The normalized spacial score (nSPS) is 19.6. The topological polar surface area (TPSA) is 74.4 Å². The second kappa shape index (κ2) is 6.86. The number of aromatic nitrogens is 2. The van der Waals surface area contributed by atoms with Gasteiger partial charge in [-0.3, -0.25) is 0 Å². The Kier molecular flexibility index (Phi) is 5.15. The molecule has 0 amide bonds. The lowest BCUT2D eigenvalue weighted by molar-refractivity contribution is 0.279. The van der Waals surface area contributed by atoms with E-state index in [-0.39, 0.29) is 6.61 Å². The van der Waals surface area contributed by atoms with E-state index in [2.05, 4.69) is 34.3 Å². The van der Waals surface area contributed by atoms with Crippen molar-refractivity contribution < 1.29 is 9.52 Å². The first-order valence-electron chi connectivity index (χ1n) is 7.14. The molecule has 1 aliphatic heterocycles. The second-order valence-corrected chi connectivity index (χ2v) is 5.37. The summed E-state index contributed by atoms with van der Waals surface area (Å²) in [5.41, 5.74) is 0. The molecule has 0 saturated carbocycles. The zero-order chi connectivity index (χ0) is 13.7. The minimum atomic E-state index is 0.248. The van der Waals surface area contributed by atoms with Crippen molar-refractivity contribution in [1.82, 2.24) is 15.5 Å². The van der Waals surface area contributed by atoms with Crippen molar-refractivity contribution in [2.24, 2.45) is 0 Å². The van der Waals surface area contributed by atoms with Crippen LogP contribution in [0.5, 0.6) is 0 Å². The molecule has 1 unspecified atom stereocenters. The molecular weight excluding hydrogens is 244 g/mol. The molecule has 1 saturated heterocycles. The standard InChI is InChI=1S/C13H24N4O2/c1-10(2)14-9-12-15-16-13(19-12)17-7-3-5-11(17)6-4-8-18/h10-11,14,18H,3-9H2,1-2H3. The molecule has 2 N–H and O–H groups in total. The first kappa shape index (κ1) is 14.3. The van der Waals surface area contributed by atoms with Crippen molar-refractivity contribution in [1.29, 1.82) is 0 Å². The van der Waals surface area contributed by atoms with Crippen LogP contribution in [-0.2, 0) is 6.54 Å². The Morgan fingerprint density at radius 2 is 2.32 bits per heavy atom. The van der Waals surface area contributed by atoms with E-state index in [1.807, 2.05) is 0 Å². The molecule has 1 atom stereocenters. The summed E-state index contributed by atoms with van der Waals surface area (Å²) in [5.74, 6) is 0.636. The molecule has 0 aromatic carbocycles. The van der Waals surface area contributed by atoms with Gasteiger partial charge in [0.25, 0.3) is 0 Å². The predicted octanol–water partition coefficient (Wildman–Crippen LogP) is 1.31. The molecule has 1 aromatic rings. The van der Waals surface area contributed by atoms with E-state index in [0.29, 0.717) is 30.5 Å². The maximum absolute atomic E-state index is 8.93. The lowest BCUT2D eigenvalue weighted by Crippen LogP contribution is -2.29. The summed E-state index contributed by atoms with van der Waals surface area (Å²) in [6.45, 7) is 6.00. The fraction of sp³-hybridized carbons (Fsp3) is 0.846. The van der Waals surface area contributed by atoms with E-state index >= 15 is 0 Å². The monoisotopic (exact) mass is 268 g/mol. The third kappa shape index (κ3) is 3.91. The van der Waals surface area contributed by atoms with Gasteiger partial charge in [0.1, 0.15) is 0 Å². The Balaban J connectivity index is 1.93. The Morgan fingerprint density at radius 1 is 1.47 bits per heavy atom. The number of nitrogens with one attached hydrogen (secondary N) is 1. The van der Waals surface area contributed by atoms with Gasteiger partial charge in [-0.15, -0.1) is 5.10 Å². The minimum Gasteiger partial charge on any atom is -0.407 e. The van der Waals surface area contributed by atoms with Gasteiger partial charge in [0.05, 0.1) is 6.54 Å². The lowest BCUT2D eigenvalue weighted by atomic mass is 10.1. The number of aliphatic hydroxyl groups excluding tert-OH is 1. The zero-order valence-electron chi connectivity index (χ0n) is 11.8. The van der Waals surface area contributed by atoms with Gasteiger partial charge < -0.3 is 19.7 Å². The van der Waals surface area contributed by atoms with Crippen LogP contribution in [0, 0.1) is 0 Å². The molecule has 0 radical (unpaired) electrons. The third-order valence-electron chi connectivity index (χ3n) is 3.44. The number of hydrogen-bond acceptors (Lipinski definition) is 6. The summed E-state index contributed by atoms with van der Waals surface area (Å²) < 4.78 is 5.71. The van der Waals surface area contributed by atoms with E-state index in [9.17, 15) is 0 Å². The van der Waals surface area contributed by atoms with Gasteiger partial charge in [-0.1, -0.05) is 18.9 Å². The van der Waals surface area contributed by atoms with Crippen molar-refractivity contribution in [2.75, 3.05) is 18.1 Å². The number of anilines is 1. The molecule has 2 heterocycles. The van der Waals surface area contributed by atoms with Gasteiger partial charge in [-0.25, -0.2) is 0 Å². The summed E-state index contributed by atoms with van der Waals surface area (Å²) in [4.78, 5) is 2.18. The lowest BCUT2D eigenvalue weighted by Gasteiger charge is -2.21. The third-order valence-corrected chi connectivity index (χ3v) is 3.44. The van der Waals surface area contributed by atoms with Crippen LogP contribution in [0.2, 0.25) is 0 Å². The highest BCUT2D eigenvalue weighted by Gasteiger charge is 2.28. The van der Waals surface area contributed by atoms with Crippen LogP contribution in [0.15, 0.2) is 4.42 Å². The molecule has 1 fully saturated rings. The zero-order valence-corrected chi connectivity index (χ0v) is 11.8. The van der Waals surface area contributed by atoms with Gasteiger partial charge >= 0.3 is 6.01 Å². The highest BCUT2D eigenvalue weighted by Crippen LogP contribution is 2.26. The Hall–Kier alpha value is -1.14. The smallest absolute Gasteiger partial charge is 0.318 e. The summed E-state index contributed by atoms with van der Waals surface area (Å²) in [5, 5.41) is 20.4. The molecule has 108 valence electrons. The average molecular weight is 268 g/mol. The molecule has 19 heavy (non-hydrogen) atoms. The van der Waals surface area contributed by atoms with Crippen LogP contribution in [0.4, 0.5) is 6.01 Å². The summed E-state index contributed by atoms with van der Waals surface area (Å²) in [6.07, 6.45) is 4.11. The number of rotatable bonds is 7. The molecule has 6 nitrogen and oxygen atoms in total. The Morgan fingerprint density at radius 3 is 3.05 bits per heavy atom. The van der Waals surface area contributed by atoms with Crippen molar-refractivity contribution in [3.8, 4) is 0 Å². The average Bonchev–Trinajstić information content (AvgIpc) is 3.02. The van der Waals surface area contributed by atoms with Crippen LogP contribution in [0.1, 0.15) is 45.4 Å². The summed E-state index contributed by atoms with van der Waals surface area (Å²) >= 11 is 0. The van der Waals surface area contributed by atoms with Gasteiger partial charge in [0.15, 0.2) is 0 Å². The minimum absolute atomic E-state index is 0.248. The number of nitrogens with zero attached hydrogens (tertiary/aromatic N) is 3. The van der Waals surface area contributed by atoms with Crippen LogP contribution in [0.25, 0.3) is 0 Å². The molecule has 0 bridgehead atoms. The van der Waals surface area contributed by atoms with E-state index < -0.39 is 0 Å². The molecule has 6 heteroatoms. The molecule has 0 spiro atoms. The number of hydrogen-bond donors (Lipinski definition) is 2. The first-order valence-corrected chi connectivity index (χ1v) is 7.14. The van der Waals surface area contributed by atoms with E-state index in [0.717, 1.165) is 32.2 Å². The molecule has 1 aromatic heterocycles. The largest absolute Gasteiger partial charge is 0.407 e. The highest BCUT2D eigenvalue weighted by molar-refractivity contribution is 5.28. The van der Waals surface area contributed by atoms with Gasteiger partial charge in [0.2, 0.25) is 5.89 Å². The van der Waals surface area contributed by atoms with E-state index in [1.165, 1.54) is 0 Å². The van der Waals surface area contributed by atoms with Crippen LogP contribution < -0.4 is 10.2 Å². The van der Waals surface area contributed by atoms with E-state index in [1.54, 1.807) is 0 Å². The van der Waals surface area contributed by atoms with Gasteiger partial charge in [-0.2, -0.15) is 0 Å². The highest BCUT2D eigenvalue weighted by atomic mass is 16.4. The Bertz CT molecular complexity index is 380.